The maximum Gasteiger partial charge on any atom is 0.410 e. The second-order valence-corrected chi connectivity index (χ2v) is 11.4. The lowest BCUT2D eigenvalue weighted by atomic mass is 10.0. The van der Waals surface area contributed by atoms with Crippen LogP contribution in [0.1, 0.15) is 76.8 Å². The normalized spacial score (nSPS) is 15.7. The van der Waals surface area contributed by atoms with Crippen LogP contribution in [-0.4, -0.2) is 95.3 Å². The lowest BCUT2D eigenvalue weighted by molar-refractivity contribution is 0.0141. The van der Waals surface area contributed by atoms with Crippen molar-refractivity contribution in [2.75, 3.05) is 32.8 Å². The zero-order valence-corrected chi connectivity index (χ0v) is 24.2. The number of ether oxygens (including phenoxy) is 1. The highest BCUT2D eigenvalue weighted by Gasteiger charge is 2.29. The predicted octanol–water partition coefficient (Wildman–Crippen LogP) is 3.81. The van der Waals surface area contributed by atoms with Crippen molar-refractivity contribution in [2.45, 2.75) is 72.1 Å². The van der Waals surface area contributed by atoms with Crippen LogP contribution in [0.3, 0.4) is 0 Å². The number of amides is 2. The lowest BCUT2D eigenvalue weighted by Gasteiger charge is -2.35. The highest BCUT2D eigenvalue weighted by molar-refractivity contribution is 5.97. The van der Waals surface area contributed by atoms with Crippen molar-refractivity contribution in [2.24, 2.45) is 0 Å². The molecule has 1 aliphatic heterocycles. The van der Waals surface area contributed by atoms with Gasteiger partial charge in [-0.3, -0.25) is 4.79 Å². The molecule has 0 radical (unpaired) electrons. The van der Waals surface area contributed by atoms with Gasteiger partial charge in [0.1, 0.15) is 17.0 Å². The monoisotopic (exact) mass is 552 g/mol. The van der Waals surface area contributed by atoms with Crippen molar-refractivity contribution in [3.63, 3.8) is 0 Å². The van der Waals surface area contributed by atoms with Gasteiger partial charge in [-0.15, -0.1) is 10.2 Å². The molecular weight excluding hydrogens is 512 g/mol. The van der Waals surface area contributed by atoms with E-state index in [2.05, 4.69) is 34.5 Å². The molecule has 216 valence electrons. The van der Waals surface area contributed by atoms with Crippen LogP contribution in [0.15, 0.2) is 30.6 Å². The first-order chi connectivity index (χ1) is 19.0. The van der Waals surface area contributed by atoms with E-state index >= 15 is 0 Å². The lowest BCUT2D eigenvalue weighted by Crippen LogP contribution is -2.51. The molecule has 1 aliphatic rings. The molecular formula is C28H40N8O4. The number of hydrogen-bond donors (Lipinski definition) is 1. The van der Waals surface area contributed by atoms with Crippen LogP contribution >= 0.6 is 0 Å². The maximum atomic E-state index is 13.7. The molecule has 12 nitrogen and oxygen atoms in total. The molecule has 2 aromatic heterocycles. The number of aliphatic hydroxyl groups excluding tert-OH is 1. The first-order valence-electron chi connectivity index (χ1n) is 13.9. The van der Waals surface area contributed by atoms with Gasteiger partial charge in [-0.1, -0.05) is 23.8 Å². The van der Waals surface area contributed by atoms with Gasteiger partial charge < -0.3 is 19.6 Å². The second kappa shape index (κ2) is 12.2. The molecule has 0 bridgehead atoms. The minimum atomic E-state index is -0.576. The first-order valence-corrected chi connectivity index (χ1v) is 13.9. The molecule has 1 aromatic carbocycles. The van der Waals surface area contributed by atoms with Gasteiger partial charge in [0.15, 0.2) is 0 Å². The number of rotatable bonds is 8. The van der Waals surface area contributed by atoms with Crippen LogP contribution in [0.4, 0.5) is 4.79 Å². The van der Waals surface area contributed by atoms with Crippen LogP contribution in [0.25, 0.3) is 22.5 Å². The number of piperazine rings is 1. The fourth-order valence-corrected chi connectivity index (χ4v) is 4.53. The van der Waals surface area contributed by atoms with Crippen LogP contribution < -0.4 is 0 Å². The average Bonchev–Trinajstić information content (AvgIpc) is 3.62. The predicted molar refractivity (Wildman–Crippen MR) is 150 cm³/mol. The second-order valence-electron chi connectivity index (χ2n) is 11.4. The quantitative estimate of drug-likeness (QED) is 0.446. The van der Waals surface area contributed by atoms with Gasteiger partial charge in [-0.25, -0.2) is 14.2 Å². The van der Waals surface area contributed by atoms with Crippen LogP contribution in [-0.2, 0) is 4.74 Å². The van der Waals surface area contributed by atoms with Crippen LogP contribution in [0.5, 0.6) is 0 Å². The van der Waals surface area contributed by atoms with Crippen molar-refractivity contribution >= 4 is 12.0 Å². The van der Waals surface area contributed by atoms with Crippen molar-refractivity contribution in [3.05, 3.63) is 36.2 Å². The molecule has 1 fully saturated rings. The Kier molecular flexibility index (Phi) is 8.87. The number of aliphatic hydroxyl groups is 1. The van der Waals surface area contributed by atoms with Gasteiger partial charge in [-0.05, 0) is 59.2 Å². The molecule has 1 saturated heterocycles. The number of benzene rings is 1. The number of hydrogen-bond acceptors (Lipinski definition) is 8. The van der Waals surface area contributed by atoms with Gasteiger partial charge in [0.05, 0.1) is 31.1 Å². The third kappa shape index (κ3) is 6.85. The Morgan fingerprint density at radius 2 is 1.43 bits per heavy atom. The minimum Gasteiger partial charge on any atom is -0.444 e. The topological polar surface area (TPSA) is 132 Å². The largest absolute Gasteiger partial charge is 0.444 e. The van der Waals surface area contributed by atoms with E-state index in [1.165, 1.54) is 0 Å². The van der Waals surface area contributed by atoms with Gasteiger partial charge in [-0.2, -0.15) is 0 Å². The molecule has 3 aromatic rings. The molecule has 3 heterocycles. The van der Waals surface area contributed by atoms with Gasteiger partial charge in [0, 0.05) is 42.9 Å². The Morgan fingerprint density at radius 1 is 0.900 bits per heavy atom. The Bertz CT molecular complexity index is 1320. The molecule has 12 heteroatoms. The molecule has 2 amide bonds. The molecule has 0 aliphatic carbocycles. The van der Waals surface area contributed by atoms with E-state index in [0.717, 1.165) is 18.4 Å². The van der Waals surface area contributed by atoms with Crippen LogP contribution in [0, 0.1) is 0 Å². The summed E-state index contributed by atoms with van der Waals surface area (Å²) in [6, 6.07) is 5.52. The summed E-state index contributed by atoms with van der Waals surface area (Å²) in [4.78, 5) is 29.6. The molecule has 1 N–H and O–H groups in total. The highest BCUT2D eigenvalue weighted by atomic mass is 16.6. The zero-order valence-electron chi connectivity index (χ0n) is 24.2. The summed E-state index contributed by atoms with van der Waals surface area (Å²) in [6.45, 7) is 13.1. The van der Waals surface area contributed by atoms with Crippen molar-refractivity contribution in [1.82, 2.24) is 39.8 Å². The summed E-state index contributed by atoms with van der Waals surface area (Å²) in [5.41, 5.74) is 2.60. The molecule has 2 atom stereocenters. The van der Waals surface area contributed by atoms with Gasteiger partial charge in [0.25, 0.3) is 5.91 Å². The summed E-state index contributed by atoms with van der Waals surface area (Å²) in [5.74, 6) is -0.144. The SMILES string of the molecule is CCC[C@@H](C)n1cc(-c2cc(C(=O)N3CCN(C(=O)OC(C)(C)C)CC3)cc(-c3cn([C@@H](C)CO)nn3)c2)nn1. The molecule has 0 saturated carbocycles. The standard InChI is InChI=1S/C28H40N8O4/c1-7-8-19(2)35-16-24(29-31-35)21-13-22(25-17-36(32-30-25)20(3)18-37)15-23(14-21)26(38)33-9-11-34(12-10-33)27(39)40-28(4,5)6/h13-17,19-20,37H,7-12,18H2,1-6H3/t19-,20+/m1/s1. The van der Waals surface area contributed by atoms with Crippen molar-refractivity contribution in [3.8, 4) is 22.5 Å². The average molecular weight is 553 g/mol. The first kappa shape index (κ1) is 29.2. The minimum absolute atomic E-state index is 0.0686. The summed E-state index contributed by atoms with van der Waals surface area (Å²) < 4.78 is 8.93. The molecule has 40 heavy (non-hydrogen) atoms. The number of carbonyl (C=O) groups excluding carboxylic acids is 2. The fourth-order valence-electron chi connectivity index (χ4n) is 4.53. The van der Waals surface area contributed by atoms with E-state index in [1.54, 1.807) is 26.7 Å². The summed E-state index contributed by atoms with van der Waals surface area (Å²) in [5, 5.41) is 26.7. The Labute approximate surface area is 234 Å². The smallest absolute Gasteiger partial charge is 0.410 e. The van der Waals surface area contributed by atoms with Crippen molar-refractivity contribution in [1.29, 1.82) is 0 Å². The summed E-state index contributed by atoms with van der Waals surface area (Å²) in [6.07, 6.45) is 5.30. The Balaban J connectivity index is 1.62. The van der Waals surface area contributed by atoms with E-state index < -0.39 is 5.60 Å². The van der Waals surface area contributed by atoms with E-state index in [9.17, 15) is 14.7 Å². The zero-order chi connectivity index (χ0) is 29.0. The van der Waals surface area contributed by atoms with E-state index in [4.69, 9.17) is 4.74 Å². The van der Waals surface area contributed by atoms with Gasteiger partial charge >= 0.3 is 6.09 Å². The molecule has 0 spiro atoms. The number of nitrogens with zero attached hydrogens (tertiary/aromatic N) is 8. The van der Waals surface area contributed by atoms with Crippen LogP contribution in [0.2, 0.25) is 0 Å². The van der Waals surface area contributed by atoms with E-state index in [0.29, 0.717) is 48.7 Å². The summed E-state index contributed by atoms with van der Waals surface area (Å²) >= 11 is 0. The fraction of sp³-hybridized carbons (Fsp3) is 0.571. The molecule has 0 unspecified atom stereocenters. The van der Waals surface area contributed by atoms with E-state index in [-0.39, 0.29) is 30.7 Å². The number of aromatic nitrogens is 6. The Hall–Kier alpha value is -3.80. The third-order valence-electron chi connectivity index (χ3n) is 6.88. The van der Waals surface area contributed by atoms with E-state index in [1.807, 2.05) is 50.7 Å². The maximum absolute atomic E-state index is 13.7. The number of carbonyl (C=O) groups is 2. The third-order valence-corrected chi connectivity index (χ3v) is 6.88. The summed E-state index contributed by atoms with van der Waals surface area (Å²) in [7, 11) is 0. The highest BCUT2D eigenvalue weighted by Crippen LogP contribution is 2.28. The van der Waals surface area contributed by atoms with Gasteiger partial charge in [0.2, 0.25) is 0 Å². The van der Waals surface area contributed by atoms with Crippen molar-refractivity contribution < 1.29 is 19.4 Å². The molecule has 4 rings (SSSR count). The Morgan fingerprint density at radius 3 is 1.93 bits per heavy atom.